The summed E-state index contributed by atoms with van der Waals surface area (Å²) in [5.41, 5.74) is 3.09. The van der Waals surface area contributed by atoms with Crippen LogP contribution in [0.1, 0.15) is 20.8 Å². The molecule has 0 aromatic heterocycles. The monoisotopic (exact) mass is 175 g/mol. The van der Waals surface area contributed by atoms with Crippen LogP contribution in [-0.2, 0) is 0 Å². The van der Waals surface area contributed by atoms with Crippen LogP contribution in [0.2, 0.25) is 0 Å². The van der Waals surface area contributed by atoms with Crippen LogP contribution in [0.5, 0.6) is 0 Å². The molecule has 64 valence electrons. The van der Waals surface area contributed by atoms with Gasteiger partial charge >= 0.3 is 0 Å². The van der Waals surface area contributed by atoms with Gasteiger partial charge in [-0.15, -0.1) is 5.10 Å². The molecule has 0 saturated carbocycles. The van der Waals surface area contributed by atoms with Gasteiger partial charge in [0.15, 0.2) is 0 Å². The fourth-order valence-corrected chi connectivity index (χ4v) is 1.19. The standard InChI is InChI=1S/C7H14ClN3/c1-7(2,3)4-11-5-9-10-6(11)8/h9H,4-5H2,1-3H3. The second-order valence-electron chi connectivity index (χ2n) is 3.96. The van der Waals surface area contributed by atoms with E-state index in [0.29, 0.717) is 5.29 Å². The molecule has 3 nitrogen and oxygen atoms in total. The topological polar surface area (TPSA) is 27.6 Å². The van der Waals surface area contributed by atoms with Crippen molar-refractivity contribution in [2.75, 3.05) is 13.2 Å². The molecule has 0 amide bonds. The molecule has 4 heteroatoms. The fourth-order valence-electron chi connectivity index (χ4n) is 1.02. The Morgan fingerprint density at radius 3 is 2.64 bits per heavy atom. The lowest BCUT2D eigenvalue weighted by molar-refractivity contribution is 0.281. The van der Waals surface area contributed by atoms with E-state index in [0.717, 1.165) is 13.2 Å². The molecule has 0 saturated heterocycles. The Kier molecular flexibility index (Phi) is 2.28. The molecule has 1 rings (SSSR count). The largest absolute Gasteiger partial charge is 0.326 e. The molecule has 0 spiro atoms. The van der Waals surface area contributed by atoms with Crippen LogP contribution in [0, 0.1) is 5.41 Å². The van der Waals surface area contributed by atoms with Gasteiger partial charge < -0.3 is 4.90 Å². The smallest absolute Gasteiger partial charge is 0.218 e. The zero-order valence-electron chi connectivity index (χ0n) is 7.19. The third-order valence-electron chi connectivity index (χ3n) is 1.36. The van der Waals surface area contributed by atoms with E-state index in [1.807, 2.05) is 4.90 Å². The summed E-state index contributed by atoms with van der Waals surface area (Å²) in [4.78, 5) is 2.02. The highest BCUT2D eigenvalue weighted by atomic mass is 35.5. The second-order valence-corrected chi connectivity index (χ2v) is 4.29. The maximum absolute atomic E-state index is 5.80. The zero-order valence-corrected chi connectivity index (χ0v) is 7.94. The van der Waals surface area contributed by atoms with E-state index < -0.39 is 0 Å². The molecule has 1 aliphatic rings. The molecule has 11 heavy (non-hydrogen) atoms. The summed E-state index contributed by atoms with van der Waals surface area (Å²) in [6.07, 6.45) is 0. The summed E-state index contributed by atoms with van der Waals surface area (Å²) in [6, 6.07) is 0. The fraction of sp³-hybridized carbons (Fsp3) is 0.857. The minimum atomic E-state index is 0.266. The highest BCUT2D eigenvalue weighted by molar-refractivity contribution is 6.64. The quantitative estimate of drug-likeness (QED) is 0.611. The van der Waals surface area contributed by atoms with Crippen LogP contribution in [0.15, 0.2) is 5.10 Å². The third kappa shape index (κ3) is 2.58. The van der Waals surface area contributed by atoms with Crippen molar-refractivity contribution in [3.05, 3.63) is 0 Å². The van der Waals surface area contributed by atoms with Crippen molar-refractivity contribution in [2.24, 2.45) is 10.5 Å². The lowest BCUT2D eigenvalue weighted by Crippen LogP contribution is -2.34. The van der Waals surface area contributed by atoms with E-state index in [4.69, 9.17) is 11.6 Å². The van der Waals surface area contributed by atoms with Gasteiger partial charge in [0.05, 0.1) is 0 Å². The van der Waals surface area contributed by atoms with Crippen LogP contribution >= 0.6 is 11.6 Å². The SMILES string of the molecule is CC(C)(C)CN1CNN=C1Cl. The summed E-state index contributed by atoms with van der Waals surface area (Å²) >= 11 is 5.80. The molecule has 0 aromatic rings. The average Bonchev–Trinajstić information content (AvgIpc) is 2.12. The molecule has 0 radical (unpaired) electrons. The van der Waals surface area contributed by atoms with Crippen molar-refractivity contribution in [3.8, 4) is 0 Å². The number of hydrazone groups is 1. The van der Waals surface area contributed by atoms with Crippen LogP contribution in [-0.4, -0.2) is 23.4 Å². The molecule has 0 aromatic carbocycles. The van der Waals surface area contributed by atoms with Crippen molar-refractivity contribution in [1.29, 1.82) is 0 Å². The predicted molar refractivity (Wildman–Crippen MR) is 47.5 cm³/mol. The number of rotatable bonds is 1. The van der Waals surface area contributed by atoms with Crippen molar-refractivity contribution in [1.82, 2.24) is 10.3 Å². The molecular weight excluding hydrogens is 162 g/mol. The maximum Gasteiger partial charge on any atom is 0.218 e. The minimum absolute atomic E-state index is 0.266. The van der Waals surface area contributed by atoms with Crippen LogP contribution in [0.3, 0.4) is 0 Å². The van der Waals surface area contributed by atoms with Crippen molar-refractivity contribution >= 4 is 16.9 Å². The Balaban J connectivity index is 2.45. The molecule has 0 fully saturated rings. The average molecular weight is 176 g/mol. The van der Waals surface area contributed by atoms with Crippen LogP contribution in [0.4, 0.5) is 0 Å². The number of hydrogen-bond donors (Lipinski definition) is 1. The Morgan fingerprint density at radius 1 is 1.64 bits per heavy atom. The molecule has 0 aliphatic carbocycles. The van der Waals surface area contributed by atoms with Gasteiger partial charge in [0, 0.05) is 6.54 Å². The molecule has 0 bridgehead atoms. The van der Waals surface area contributed by atoms with Gasteiger partial charge in [-0.3, -0.25) is 5.43 Å². The first kappa shape index (κ1) is 8.65. The third-order valence-corrected chi connectivity index (χ3v) is 1.68. The summed E-state index contributed by atoms with van der Waals surface area (Å²) in [5.74, 6) is 0. The first-order valence-electron chi connectivity index (χ1n) is 3.70. The van der Waals surface area contributed by atoms with Crippen LogP contribution < -0.4 is 5.43 Å². The van der Waals surface area contributed by atoms with E-state index in [-0.39, 0.29) is 5.41 Å². The Hall–Kier alpha value is -0.440. The highest BCUT2D eigenvalue weighted by Crippen LogP contribution is 2.16. The summed E-state index contributed by atoms with van der Waals surface area (Å²) in [6.45, 7) is 8.19. The van der Waals surface area contributed by atoms with Crippen molar-refractivity contribution < 1.29 is 0 Å². The molecule has 1 heterocycles. The lowest BCUT2D eigenvalue weighted by Gasteiger charge is -2.25. The van der Waals surface area contributed by atoms with Gasteiger partial charge in [0.2, 0.25) is 5.29 Å². The molecular formula is C7H14ClN3. The normalized spacial score (nSPS) is 18.2. The zero-order chi connectivity index (χ0) is 8.48. The van der Waals surface area contributed by atoms with Gasteiger partial charge in [-0.05, 0) is 17.0 Å². The maximum atomic E-state index is 5.80. The second kappa shape index (κ2) is 2.89. The number of amidine groups is 1. The first-order valence-corrected chi connectivity index (χ1v) is 4.08. The lowest BCUT2D eigenvalue weighted by atomic mass is 9.96. The van der Waals surface area contributed by atoms with E-state index in [1.165, 1.54) is 0 Å². The number of halogens is 1. The van der Waals surface area contributed by atoms with E-state index >= 15 is 0 Å². The summed E-state index contributed by atoms with van der Waals surface area (Å²) < 4.78 is 0. The van der Waals surface area contributed by atoms with Crippen molar-refractivity contribution in [3.63, 3.8) is 0 Å². The summed E-state index contributed by atoms with van der Waals surface area (Å²) in [7, 11) is 0. The molecule has 0 atom stereocenters. The number of hydrogen-bond acceptors (Lipinski definition) is 3. The Bertz CT molecular complexity index is 171. The highest BCUT2D eigenvalue weighted by Gasteiger charge is 2.20. The van der Waals surface area contributed by atoms with E-state index in [1.54, 1.807) is 0 Å². The molecule has 1 N–H and O–H groups in total. The van der Waals surface area contributed by atoms with E-state index in [2.05, 4.69) is 31.3 Å². The number of nitrogens with one attached hydrogen (secondary N) is 1. The Morgan fingerprint density at radius 2 is 2.27 bits per heavy atom. The number of nitrogens with zero attached hydrogens (tertiary/aromatic N) is 2. The predicted octanol–water partition coefficient (Wildman–Crippen LogP) is 1.41. The first-order chi connectivity index (χ1) is 4.99. The molecule has 0 unspecified atom stereocenters. The Labute approximate surface area is 72.4 Å². The molecule has 1 aliphatic heterocycles. The van der Waals surface area contributed by atoms with E-state index in [9.17, 15) is 0 Å². The van der Waals surface area contributed by atoms with Gasteiger partial charge in [0.25, 0.3) is 0 Å². The van der Waals surface area contributed by atoms with Crippen molar-refractivity contribution in [2.45, 2.75) is 20.8 Å². The van der Waals surface area contributed by atoms with Gasteiger partial charge in [0.1, 0.15) is 6.67 Å². The van der Waals surface area contributed by atoms with Gasteiger partial charge in [-0.1, -0.05) is 20.8 Å². The summed E-state index contributed by atoms with van der Waals surface area (Å²) in [5, 5.41) is 4.43. The van der Waals surface area contributed by atoms with Gasteiger partial charge in [-0.2, -0.15) is 0 Å². The minimum Gasteiger partial charge on any atom is -0.326 e. The van der Waals surface area contributed by atoms with Crippen LogP contribution in [0.25, 0.3) is 0 Å². The van der Waals surface area contributed by atoms with Gasteiger partial charge in [-0.25, -0.2) is 0 Å².